The summed E-state index contributed by atoms with van der Waals surface area (Å²) in [4.78, 5) is 0. The predicted molar refractivity (Wildman–Crippen MR) is 74.0 cm³/mol. The third kappa shape index (κ3) is 4.09. The summed E-state index contributed by atoms with van der Waals surface area (Å²) < 4.78 is 13.9. The van der Waals surface area contributed by atoms with Crippen LogP contribution >= 0.6 is 0 Å². The van der Waals surface area contributed by atoms with Crippen LogP contribution in [0.25, 0.3) is 0 Å². The minimum absolute atomic E-state index is 0.254. The van der Waals surface area contributed by atoms with Crippen molar-refractivity contribution < 1.29 is 9.50 Å². The molecule has 0 spiro atoms. The number of rotatable bonds is 7. The van der Waals surface area contributed by atoms with Gasteiger partial charge in [0.1, 0.15) is 5.82 Å². The van der Waals surface area contributed by atoms with Crippen molar-refractivity contribution in [1.29, 1.82) is 0 Å². The van der Waals surface area contributed by atoms with Crippen molar-refractivity contribution in [2.24, 2.45) is 5.92 Å². The van der Waals surface area contributed by atoms with Gasteiger partial charge < -0.3 is 5.11 Å². The Morgan fingerprint density at radius 3 is 2.61 bits per heavy atom. The van der Waals surface area contributed by atoms with Crippen LogP contribution < -0.4 is 0 Å². The van der Waals surface area contributed by atoms with E-state index in [9.17, 15) is 9.50 Å². The standard InChI is InChI=1S/C16H25FO/c1-4-6-9-13(5-2)11-15(18)14-10-7-8-12(3)16(14)17/h7-8,10,13,15,18H,4-6,9,11H2,1-3H3. The van der Waals surface area contributed by atoms with E-state index in [-0.39, 0.29) is 5.82 Å². The van der Waals surface area contributed by atoms with Gasteiger partial charge in [-0.3, -0.25) is 0 Å². The molecule has 0 amide bonds. The zero-order valence-corrected chi connectivity index (χ0v) is 11.7. The fourth-order valence-corrected chi connectivity index (χ4v) is 2.35. The highest BCUT2D eigenvalue weighted by Crippen LogP contribution is 2.28. The maximum Gasteiger partial charge on any atom is 0.131 e. The van der Waals surface area contributed by atoms with Crippen molar-refractivity contribution in [3.63, 3.8) is 0 Å². The van der Waals surface area contributed by atoms with E-state index in [4.69, 9.17) is 0 Å². The Balaban J connectivity index is 2.68. The molecule has 0 aliphatic rings. The summed E-state index contributed by atoms with van der Waals surface area (Å²) in [5.41, 5.74) is 1.05. The molecule has 1 aromatic carbocycles. The van der Waals surface area contributed by atoms with E-state index in [1.54, 1.807) is 19.1 Å². The summed E-state index contributed by atoms with van der Waals surface area (Å²) in [5, 5.41) is 10.2. The van der Waals surface area contributed by atoms with E-state index < -0.39 is 6.10 Å². The zero-order valence-electron chi connectivity index (χ0n) is 11.7. The predicted octanol–water partition coefficient (Wildman–Crippen LogP) is 4.77. The van der Waals surface area contributed by atoms with E-state index in [0.29, 0.717) is 23.5 Å². The Kier molecular flexibility index (Phi) is 6.34. The van der Waals surface area contributed by atoms with Gasteiger partial charge in [0.15, 0.2) is 0 Å². The lowest BCUT2D eigenvalue weighted by Crippen LogP contribution is -2.09. The lowest BCUT2D eigenvalue weighted by Gasteiger charge is -2.20. The molecule has 18 heavy (non-hydrogen) atoms. The quantitative estimate of drug-likeness (QED) is 0.740. The Hall–Kier alpha value is -0.890. The van der Waals surface area contributed by atoms with Gasteiger partial charge in [-0.1, -0.05) is 57.7 Å². The van der Waals surface area contributed by atoms with Crippen molar-refractivity contribution in [2.75, 3.05) is 0 Å². The van der Waals surface area contributed by atoms with Crippen molar-refractivity contribution in [1.82, 2.24) is 0 Å². The van der Waals surface area contributed by atoms with Crippen LogP contribution in [0.1, 0.15) is 63.2 Å². The number of halogens is 1. The molecule has 0 aromatic heterocycles. The van der Waals surface area contributed by atoms with Crippen LogP contribution in [0.2, 0.25) is 0 Å². The first kappa shape index (κ1) is 15.2. The van der Waals surface area contributed by atoms with E-state index >= 15 is 0 Å². The van der Waals surface area contributed by atoms with E-state index in [2.05, 4.69) is 13.8 Å². The Labute approximate surface area is 110 Å². The number of benzene rings is 1. The molecule has 1 nitrogen and oxygen atoms in total. The molecule has 0 heterocycles. The topological polar surface area (TPSA) is 20.2 Å². The number of hydrogen-bond donors (Lipinski definition) is 1. The van der Waals surface area contributed by atoms with Gasteiger partial charge in [-0.15, -0.1) is 0 Å². The first-order valence-electron chi connectivity index (χ1n) is 7.03. The molecule has 0 aliphatic heterocycles. The highest BCUT2D eigenvalue weighted by atomic mass is 19.1. The van der Waals surface area contributed by atoms with E-state index in [1.807, 2.05) is 6.07 Å². The molecule has 2 unspecified atom stereocenters. The normalized spacial score (nSPS) is 14.5. The molecule has 0 fully saturated rings. The van der Waals surface area contributed by atoms with E-state index in [1.165, 1.54) is 12.8 Å². The number of unbranched alkanes of at least 4 members (excludes halogenated alkanes) is 1. The molecule has 0 radical (unpaired) electrons. The number of aliphatic hydroxyl groups excluding tert-OH is 1. The van der Waals surface area contributed by atoms with Crippen LogP contribution in [0, 0.1) is 18.7 Å². The van der Waals surface area contributed by atoms with Crippen molar-refractivity contribution in [2.45, 2.75) is 59.0 Å². The average Bonchev–Trinajstić information content (AvgIpc) is 2.37. The summed E-state index contributed by atoms with van der Waals surface area (Å²) in [6.07, 6.45) is 4.51. The molecule has 0 saturated carbocycles. The lowest BCUT2D eigenvalue weighted by molar-refractivity contribution is 0.135. The van der Waals surface area contributed by atoms with Gasteiger partial charge in [-0.2, -0.15) is 0 Å². The van der Waals surface area contributed by atoms with Crippen LogP contribution in [-0.4, -0.2) is 5.11 Å². The lowest BCUT2D eigenvalue weighted by atomic mass is 9.90. The highest BCUT2D eigenvalue weighted by molar-refractivity contribution is 5.26. The highest BCUT2D eigenvalue weighted by Gasteiger charge is 2.18. The second-order valence-electron chi connectivity index (χ2n) is 5.15. The van der Waals surface area contributed by atoms with Crippen LogP contribution in [-0.2, 0) is 0 Å². The van der Waals surface area contributed by atoms with Gasteiger partial charge in [0.2, 0.25) is 0 Å². The number of hydrogen-bond acceptors (Lipinski definition) is 1. The monoisotopic (exact) mass is 252 g/mol. The molecule has 0 aliphatic carbocycles. The van der Waals surface area contributed by atoms with Crippen molar-refractivity contribution in [3.8, 4) is 0 Å². The molecule has 1 rings (SSSR count). The third-order valence-corrected chi connectivity index (χ3v) is 3.68. The van der Waals surface area contributed by atoms with E-state index in [0.717, 1.165) is 12.8 Å². The van der Waals surface area contributed by atoms with Gasteiger partial charge in [0.25, 0.3) is 0 Å². The van der Waals surface area contributed by atoms with Gasteiger partial charge in [-0.25, -0.2) is 4.39 Å². The minimum Gasteiger partial charge on any atom is -0.388 e. The van der Waals surface area contributed by atoms with Gasteiger partial charge in [0, 0.05) is 5.56 Å². The van der Waals surface area contributed by atoms with Gasteiger partial charge in [-0.05, 0) is 24.8 Å². The number of aliphatic hydroxyl groups is 1. The summed E-state index contributed by atoms with van der Waals surface area (Å²) in [6.45, 7) is 6.04. The SMILES string of the molecule is CCCCC(CC)CC(O)c1cccc(C)c1F. The average molecular weight is 252 g/mol. The third-order valence-electron chi connectivity index (χ3n) is 3.68. The molecular formula is C16H25FO. The summed E-state index contributed by atoms with van der Waals surface area (Å²) in [7, 11) is 0. The molecule has 0 saturated heterocycles. The Morgan fingerprint density at radius 2 is 2.00 bits per heavy atom. The number of aryl methyl sites for hydroxylation is 1. The molecular weight excluding hydrogens is 227 g/mol. The maximum absolute atomic E-state index is 13.9. The largest absolute Gasteiger partial charge is 0.388 e. The molecule has 1 aromatic rings. The Bertz CT molecular complexity index is 362. The van der Waals surface area contributed by atoms with Crippen LogP contribution in [0.3, 0.4) is 0 Å². The van der Waals surface area contributed by atoms with Crippen molar-refractivity contribution >= 4 is 0 Å². The second-order valence-corrected chi connectivity index (χ2v) is 5.15. The summed E-state index contributed by atoms with van der Waals surface area (Å²) in [6, 6.07) is 5.24. The summed E-state index contributed by atoms with van der Waals surface area (Å²) >= 11 is 0. The molecule has 2 atom stereocenters. The molecule has 102 valence electrons. The molecule has 0 bridgehead atoms. The Morgan fingerprint density at radius 1 is 1.28 bits per heavy atom. The van der Waals surface area contributed by atoms with Gasteiger partial charge in [0.05, 0.1) is 6.10 Å². The smallest absolute Gasteiger partial charge is 0.131 e. The molecule has 1 N–H and O–H groups in total. The minimum atomic E-state index is -0.674. The van der Waals surface area contributed by atoms with Crippen molar-refractivity contribution in [3.05, 3.63) is 35.1 Å². The van der Waals surface area contributed by atoms with Crippen LogP contribution in [0.4, 0.5) is 4.39 Å². The first-order chi connectivity index (χ1) is 8.60. The molecule has 2 heteroatoms. The van der Waals surface area contributed by atoms with Gasteiger partial charge >= 0.3 is 0 Å². The van der Waals surface area contributed by atoms with Crippen LogP contribution in [0.5, 0.6) is 0 Å². The second kappa shape index (κ2) is 7.52. The zero-order chi connectivity index (χ0) is 13.5. The fourth-order valence-electron chi connectivity index (χ4n) is 2.35. The summed E-state index contributed by atoms with van der Waals surface area (Å²) in [5.74, 6) is 0.232. The maximum atomic E-state index is 13.9. The first-order valence-corrected chi connectivity index (χ1v) is 7.03. The fraction of sp³-hybridized carbons (Fsp3) is 0.625. The van der Waals surface area contributed by atoms with Crippen LogP contribution in [0.15, 0.2) is 18.2 Å².